The van der Waals surface area contributed by atoms with Gasteiger partial charge in [0.2, 0.25) is 0 Å². The molecule has 44 heavy (non-hydrogen) atoms. The molecule has 3 atom stereocenters. The number of hydrogen-bond donors (Lipinski definition) is 0. The molecule has 228 valence electrons. The molecule has 3 unspecified atom stereocenters. The molecule has 2 saturated carbocycles. The third-order valence-electron chi connectivity index (χ3n) is 9.12. The average Bonchev–Trinajstić information content (AvgIpc) is 3.62. The van der Waals surface area contributed by atoms with Crippen molar-refractivity contribution in [1.29, 1.82) is 0 Å². The number of Topliss-reactive ketones (excluding diaryl/α,β-unsaturated/α-hetero) is 1. The van der Waals surface area contributed by atoms with Crippen molar-refractivity contribution in [1.82, 2.24) is 28.9 Å². The normalized spacial score (nSPS) is 22.0. The minimum atomic E-state index is -2.83. The van der Waals surface area contributed by atoms with Gasteiger partial charge >= 0.3 is 6.55 Å². The molecule has 3 aliphatic rings. The average molecular weight is 621 g/mol. The Kier molecular flexibility index (Phi) is 7.36. The van der Waals surface area contributed by atoms with Crippen molar-refractivity contribution in [2.75, 3.05) is 6.54 Å². The molecule has 3 aliphatic carbocycles. The van der Waals surface area contributed by atoms with Crippen molar-refractivity contribution < 1.29 is 22.2 Å². The number of rotatable bonds is 9. The van der Waals surface area contributed by atoms with Crippen LogP contribution in [0, 0.1) is 11.2 Å². The van der Waals surface area contributed by atoms with Gasteiger partial charge in [-0.15, -0.1) is 0 Å². The second kappa shape index (κ2) is 11.2. The van der Waals surface area contributed by atoms with Crippen LogP contribution in [0.1, 0.15) is 78.8 Å². The minimum Gasteiger partial charge on any atom is -0.291 e. The standard InChI is InChI=1S/C32H31F3N6O2S/c1-2-40(44(43)27-18-37-39(19-27)31(34)35)26-9-6-23-13-29-22(17-38-41(29)25-10-7-24(33)8-11-25)14-32(23,15-26)30(42)28-12-5-21(16-36-28)20-3-4-20/h5,7-8,10-13,16-20,26,31H,2-4,6,9,14-15H2,1H3. The van der Waals surface area contributed by atoms with E-state index in [9.17, 15) is 22.2 Å². The number of carbonyl (C=O) groups excluding carboxylic acids is 1. The molecule has 0 spiro atoms. The Bertz CT molecular complexity index is 1760. The van der Waals surface area contributed by atoms with E-state index < -0.39 is 22.9 Å². The first-order valence-corrected chi connectivity index (χ1v) is 15.9. The van der Waals surface area contributed by atoms with Crippen LogP contribution in [-0.2, 0) is 17.4 Å². The quantitative estimate of drug-likeness (QED) is 0.206. The molecule has 4 aromatic rings. The third kappa shape index (κ3) is 5.03. The van der Waals surface area contributed by atoms with Crippen molar-refractivity contribution >= 4 is 22.8 Å². The molecule has 0 bridgehead atoms. The Morgan fingerprint density at radius 3 is 2.55 bits per heavy atom. The van der Waals surface area contributed by atoms with E-state index >= 15 is 0 Å². The summed E-state index contributed by atoms with van der Waals surface area (Å²) < 4.78 is 57.8. The first-order chi connectivity index (χ1) is 21.3. The second-order valence-electron chi connectivity index (χ2n) is 11.8. The highest BCUT2D eigenvalue weighted by Gasteiger charge is 2.51. The van der Waals surface area contributed by atoms with Crippen LogP contribution in [0.3, 0.4) is 0 Å². The summed E-state index contributed by atoms with van der Waals surface area (Å²) in [4.78, 5) is 19.4. The number of pyridine rings is 1. The van der Waals surface area contributed by atoms with Crippen LogP contribution >= 0.6 is 0 Å². The van der Waals surface area contributed by atoms with E-state index in [1.165, 1.54) is 18.3 Å². The molecule has 1 aromatic carbocycles. The van der Waals surface area contributed by atoms with E-state index in [2.05, 4.69) is 15.2 Å². The van der Waals surface area contributed by atoms with Crippen LogP contribution in [0.4, 0.5) is 13.2 Å². The molecule has 2 fully saturated rings. The van der Waals surface area contributed by atoms with Gasteiger partial charge in [-0.2, -0.15) is 19.0 Å². The molecule has 0 saturated heterocycles. The van der Waals surface area contributed by atoms with Crippen LogP contribution in [0.2, 0.25) is 0 Å². The lowest BCUT2D eigenvalue weighted by Crippen LogP contribution is -2.49. The number of fused-ring (bicyclic) bond motifs is 2. The Hall–Kier alpha value is -3.90. The van der Waals surface area contributed by atoms with Gasteiger partial charge in [-0.25, -0.2) is 22.3 Å². The Labute approximate surface area is 255 Å². The van der Waals surface area contributed by atoms with Gasteiger partial charge in [0.1, 0.15) is 22.5 Å². The summed E-state index contributed by atoms with van der Waals surface area (Å²) in [5.41, 5.74) is 3.97. The van der Waals surface area contributed by atoms with E-state index in [0.717, 1.165) is 41.4 Å². The van der Waals surface area contributed by atoms with Gasteiger partial charge in [-0.3, -0.25) is 9.78 Å². The van der Waals surface area contributed by atoms with Crippen LogP contribution in [0.15, 0.2) is 71.7 Å². The summed E-state index contributed by atoms with van der Waals surface area (Å²) in [6, 6.07) is 9.66. The fourth-order valence-electron chi connectivity index (χ4n) is 6.72. The number of nitrogens with zero attached hydrogens (tertiary/aromatic N) is 6. The predicted octanol–water partition coefficient (Wildman–Crippen LogP) is 6.28. The summed E-state index contributed by atoms with van der Waals surface area (Å²) in [5, 5.41) is 8.28. The summed E-state index contributed by atoms with van der Waals surface area (Å²) in [6.45, 7) is -0.563. The van der Waals surface area contributed by atoms with Gasteiger partial charge in [0.15, 0.2) is 5.78 Å². The van der Waals surface area contributed by atoms with Gasteiger partial charge in [0.05, 0.1) is 34.1 Å². The number of benzene rings is 1. The van der Waals surface area contributed by atoms with Crippen LogP contribution in [-0.4, -0.2) is 51.4 Å². The SMILES string of the molecule is CCN(C1CCC2=Cc3c(cnn3-c3ccc(F)cc3)CC2(C(=O)c2ccc(C3CC3)cn2)C1)S(=O)c1cnn(C(F)F)c1. The zero-order chi connectivity index (χ0) is 30.6. The first kappa shape index (κ1) is 28.8. The molecule has 7 rings (SSSR count). The lowest BCUT2D eigenvalue weighted by atomic mass is 9.60. The summed E-state index contributed by atoms with van der Waals surface area (Å²) >= 11 is 0. The molecule has 3 aromatic heterocycles. The largest absolute Gasteiger partial charge is 0.333 e. The molecule has 0 amide bonds. The smallest absolute Gasteiger partial charge is 0.291 e. The fraction of sp³-hybridized carbons (Fsp3) is 0.375. The van der Waals surface area contributed by atoms with Crippen molar-refractivity contribution in [3.8, 4) is 5.69 Å². The molecular formula is C32H31F3N6O2S. The highest BCUT2D eigenvalue weighted by Crippen LogP contribution is 2.51. The molecular weight excluding hydrogens is 589 g/mol. The predicted molar refractivity (Wildman–Crippen MR) is 158 cm³/mol. The molecule has 0 N–H and O–H groups in total. The van der Waals surface area contributed by atoms with Gasteiger partial charge in [0.25, 0.3) is 0 Å². The lowest BCUT2D eigenvalue weighted by molar-refractivity contribution is 0.0563. The zero-order valence-electron chi connectivity index (χ0n) is 24.1. The van der Waals surface area contributed by atoms with Crippen LogP contribution in [0.25, 0.3) is 11.8 Å². The number of aromatic nitrogens is 5. The van der Waals surface area contributed by atoms with Gasteiger partial charge in [0, 0.05) is 25.0 Å². The zero-order valence-corrected chi connectivity index (χ0v) is 24.9. The lowest BCUT2D eigenvalue weighted by Gasteiger charge is -2.46. The highest BCUT2D eigenvalue weighted by molar-refractivity contribution is 7.82. The monoisotopic (exact) mass is 620 g/mol. The topological polar surface area (TPSA) is 85.9 Å². The maximum atomic E-state index is 14.6. The summed E-state index contributed by atoms with van der Waals surface area (Å²) in [6.07, 6.45) is 12.1. The van der Waals surface area contributed by atoms with E-state index in [0.29, 0.717) is 54.2 Å². The van der Waals surface area contributed by atoms with Crippen LogP contribution < -0.4 is 0 Å². The third-order valence-corrected chi connectivity index (χ3v) is 10.7. The van der Waals surface area contributed by atoms with E-state index in [1.807, 2.05) is 25.1 Å². The number of allylic oxidation sites excluding steroid dienone is 1. The molecule has 0 radical (unpaired) electrons. The number of alkyl halides is 2. The maximum Gasteiger partial charge on any atom is 0.333 e. The first-order valence-electron chi connectivity index (χ1n) is 14.8. The Morgan fingerprint density at radius 1 is 1.09 bits per heavy atom. The van der Waals surface area contributed by atoms with Gasteiger partial charge < -0.3 is 0 Å². The Balaban J connectivity index is 1.26. The fourth-order valence-corrected chi connectivity index (χ4v) is 8.02. The van der Waals surface area contributed by atoms with E-state index in [-0.39, 0.29) is 22.5 Å². The minimum absolute atomic E-state index is 0.0941. The summed E-state index contributed by atoms with van der Waals surface area (Å²) in [7, 11) is -1.75. The number of carbonyl (C=O) groups is 1. The van der Waals surface area contributed by atoms with Crippen molar-refractivity contribution in [3.63, 3.8) is 0 Å². The summed E-state index contributed by atoms with van der Waals surface area (Å²) in [5.74, 6) is 0.0791. The van der Waals surface area contributed by atoms with Gasteiger partial charge in [-0.05, 0) is 92.0 Å². The second-order valence-corrected chi connectivity index (χ2v) is 13.2. The van der Waals surface area contributed by atoms with Crippen molar-refractivity contribution in [3.05, 3.63) is 95.1 Å². The number of ketones is 1. The maximum absolute atomic E-state index is 14.6. The number of hydrogen-bond acceptors (Lipinski definition) is 5. The molecule has 8 nitrogen and oxygen atoms in total. The van der Waals surface area contributed by atoms with Crippen LogP contribution in [0.5, 0.6) is 0 Å². The van der Waals surface area contributed by atoms with Crippen molar-refractivity contribution in [2.45, 2.75) is 68.9 Å². The molecule has 3 heterocycles. The number of halogens is 3. The molecule has 0 aliphatic heterocycles. The molecule has 12 heteroatoms. The Morgan fingerprint density at radius 2 is 1.89 bits per heavy atom. The van der Waals surface area contributed by atoms with E-state index in [4.69, 9.17) is 0 Å². The highest BCUT2D eigenvalue weighted by atomic mass is 32.2. The van der Waals surface area contributed by atoms with Crippen molar-refractivity contribution in [2.24, 2.45) is 5.41 Å². The van der Waals surface area contributed by atoms with Gasteiger partial charge in [-0.1, -0.05) is 18.6 Å². The van der Waals surface area contributed by atoms with E-state index in [1.54, 1.807) is 33.5 Å².